The lowest BCUT2D eigenvalue weighted by Gasteiger charge is -2.38. The third kappa shape index (κ3) is 7.17. The van der Waals surface area contributed by atoms with E-state index in [1.165, 1.54) is 0 Å². The van der Waals surface area contributed by atoms with Gasteiger partial charge >= 0.3 is 7.60 Å². The van der Waals surface area contributed by atoms with Crippen LogP contribution >= 0.6 is 19.2 Å². The fourth-order valence-corrected chi connectivity index (χ4v) is 5.80. The van der Waals surface area contributed by atoms with Crippen molar-refractivity contribution in [3.05, 3.63) is 23.6 Å². The van der Waals surface area contributed by atoms with Crippen molar-refractivity contribution in [2.75, 3.05) is 18.7 Å². The molecule has 2 heterocycles. The summed E-state index contributed by atoms with van der Waals surface area (Å²) in [5.74, 6) is 0.00383. The zero-order valence-electron chi connectivity index (χ0n) is 18.7. The highest BCUT2D eigenvalue weighted by Gasteiger charge is 2.35. The number of hydrogen-bond donors (Lipinski definition) is 3. The highest BCUT2D eigenvalue weighted by Crippen LogP contribution is 2.39. The summed E-state index contributed by atoms with van der Waals surface area (Å²) in [7, 11) is -5.75. The first-order valence-electron chi connectivity index (χ1n) is 10.1. The number of rotatable bonds is 13. The van der Waals surface area contributed by atoms with Gasteiger partial charge in [0.15, 0.2) is 30.3 Å². The molecule has 2 rings (SSSR count). The number of anilines is 1. The third-order valence-corrected chi connectivity index (χ3v) is 6.80. The fraction of sp³-hybridized carbons (Fsp3) is 0.588. The highest BCUT2D eigenvalue weighted by atomic mass is 35.5. The van der Waals surface area contributed by atoms with Gasteiger partial charge in [0.25, 0.3) is 0 Å². The molecule has 1 unspecified atom stereocenters. The van der Waals surface area contributed by atoms with Crippen LogP contribution in [0.1, 0.15) is 26.3 Å². The smallest absolute Gasteiger partial charge is 0.350 e. The molecule has 15 heteroatoms. The van der Waals surface area contributed by atoms with Crippen LogP contribution in [0.25, 0.3) is 11.2 Å². The maximum absolute atomic E-state index is 11.2. The second-order valence-electron chi connectivity index (χ2n) is 7.95. The molecule has 1 atom stereocenters. The SMILES string of the molecule is C=C(COCP(=O)(O)O)C(CC(C)(C)C(O[SiH2]C)O[SiH2]C)n1cnc2c(Cl)nc(N)nc21. The van der Waals surface area contributed by atoms with Gasteiger partial charge in [0.05, 0.1) is 19.0 Å². The average molecular weight is 524 g/mol. The van der Waals surface area contributed by atoms with Gasteiger partial charge in [-0.3, -0.25) is 4.57 Å². The van der Waals surface area contributed by atoms with Crippen molar-refractivity contribution < 1.29 is 27.9 Å². The Morgan fingerprint density at radius 1 is 1.34 bits per heavy atom. The van der Waals surface area contributed by atoms with Crippen molar-refractivity contribution in [2.45, 2.75) is 45.7 Å². The van der Waals surface area contributed by atoms with E-state index in [1.807, 2.05) is 26.9 Å². The first kappa shape index (κ1) is 27.1. The molecule has 0 saturated carbocycles. The van der Waals surface area contributed by atoms with Crippen molar-refractivity contribution >= 4 is 55.8 Å². The van der Waals surface area contributed by atoms with Crippen LogP contribution in [0.15, 0.2) is 18.5 Å². The number of nitrogens with two attached hydrogens (primary N) is 1. The Kier molecular flexibility index (Phi) is 9.58. The van der Waals surface area contributed by atoms with E-state index >= 15 is 0 Å². The molecule has 2 aromatic heterocycles. The molecule has 4 N–H and O–H groups in total. The van der Waals surface area contributed by atoms with Crippen LogP contribution in [-0.4, -0.2) is 68.1 Å². The molecule has 0 bridgehead atoms. The number of aromatic nitrogens is 4. The van der Waals surface area contributed by atoms with Crippen LogP contribution in [-0.2, 0) is 18.2 Å². The van der Waals surface area contributed by atoms with Gasteiger partial charge in [-0.2, -0.15) is 9.97 Å². The first-order valence-corrected chi connectivity index (χ1v) is 16.2. The van der Waals surface area contributed by atoms with E-state index in [4.69, 9.17) is 40.7 Å². The fourth-order valence-electron chi connectivity index (χ4n) is 3.35. The summed E-state index contributed by atoms with van der Waals surface area (Å²) in [5.41, 5.74) is 6.75. The van der Waals surface area contributed by atoms with E-state index in [2.05, 4.69) is 21.5 Å². The predicted molar refractivity (Wildman–Crippen MR) is 129 cm³/mol. The van der Waals surface area contributed by atoms with Gasteiger partial charge in [-0.05, 0) is 12.0 Å². The lowest BCUT2D eigenvalue weighted by atomic mass is 9.83. The number of nitrogens with zero attached hydrogens (tertiary/aromatic N) is 4. The van der Waals surface area contributed by atoms with E-state index in [1.54, 1.807) is 10.9 Å². The van der Waals surface area contributed by atoms with E-state index in [0.717, 1.165) is 0 Å². The quantitative estimate of drug-likeness (QED) is 0.115. The number of imidazole rings is 1. The van der Waals surface area contributed by atoms with Crippen molar-refractivity contribution in [3.8, 4) is 0 Å². The Hall–Kier alpha value is -1.16. The van der Waals surface area contributed by atoms with Crippen LogP contribution < -0.4 is 5.73 Å². The monoisotopic (exact) mass is 523 g/mol. The highest BCUT2D eigenvalue weighted by molar-refractivity contribution is 7.51. The zero-order chi connectivity index (χ0) is 24.1. The molecular formula is C17H31ClN5O6PSi2. The van der Waals surface area contributed by atoms with E-state index in [-0.39, 0.29) is 24.0 Å². The van der Waals surface area contributed by atoms with Crippen LogP contribution in [0.5, 0.6) is 0 Å². The second-order valence-corrected chi connectivity index (χ2v) is 11.7. The maximum atomic E-state index is 11.2. The molecular weight excluding hydrogens is 493 g/mol. The Bertz CT molecular complexity index is 982. The topological polar surface area (TPSA) is 155 Å². The van der Waals surface area contributed by atoms with E-state index in [0.29, 0.717) is 23.2 Å². The third-order valence-electron chi connectivity index (χ3n) is 4.74. The second kappa shape index (κ2) is 11.3. The van der Waals surface area contributed by atoms with Crippen molar-refractivity contribution in [1.29, 1.82) is 0 Å². The number of nitrogen functional groups attached to an aromatic ring is 1. The van der Waals surface area contributed by atoms with E-state index < -0.39 is 44.9 Å². The summed E-state index contributed by atoms with van der Waals surface area (Å²) in [4.78, 5) is 30.8. The van der Waals surface area contributed by atoms with Gasteiger partial charge in [-0.1, -0.05) is 45.1 Å². The molecule has 0 saturated heterocycles. The number of halogens is 1. The summed E-state index contributed by atoms with van der Waals surface area (Å²) >= 11 is 6.19. The summed E-state index contributed by atoms with van der Waals surface area (Å²) in [6, 6.07) is -0.413. The standard InChI is InChI=1S/C17H31ClN5O6PSi2/c1-10(7-27-9-30(24,25)26)11(6-17(2,3)15(28-31-4)29-32-5)23-8-20-12-13(18)21-16(19)22-14(12)23/h8,11,15H,1,6-7,9,31-32H2,2-5H3,(H2,19,21,22)(H2,24,25,26). The minimum absolute atomic E-state index is 0.00383. The van der Waals surface area contributed by atoms with Gasteiger partial charge in [0.2, 0.25) is 5.95 Å². The summed E-state index contributed by atoms with van der Waals surface area (Å²) < 4.78 is 30.2. The lowest BCUT2D eigenvalue weighted by Crippen LogP contribution is -2.38. The molecule has 0 amide bonds. The number of ether oxygens (including phenoxy) is 1. The molecule has 0 radical (unpaired) electrons. The Morgan fingerprint density at radius 3 is 2.53 bits per heavy atom. The van der Waals surface area contributed by atoms with Crippen LogP contribution in [0.2, 0.25) is 18.2 Å². The van der Waals surface area contributed by atoms with Gasteiger partial charge in [-0.15, -0.1) is 0 Å². The molecule has 0 fully saturated rings. The summed E-state index contributed by atoms with van der Waals surface area (Å²) in [6.45, 7) is 12.2. The van der Waals surface area contributed by atoms with Crippen LogP contribution in [0, 0.1) is 5.41 Å². The Balaban J connectivity index is 2.44. The molecule has 180 valence electrons. The zero-order valence-corrected chi connectivity index (χ0v) is 23.2. The maximum Gasteiger partial charge on any atom is 0.350 e. The molecule has 0 aliphatic heterocycles. The summed E-state index contributed by atoms with van der Waals surface area (Å²) in [6.07, 6.45) is 0.997. The van der Waals surface area contributed by atoms with Gasteiger partial charge < -0.3 is 33.7 Å². The number of fused-ring (bicyclic) bond motifs is 1. The molecule has 0 aliphatic carbocycles. The van der Waals surface area contributed by atoms with Crippen molar-refractivity contribution in [3.63, 3.8) is 0 Å². The molecule has 0 aliphatic rings. The Labute approximate surface area is 196 Å². The molecule has 2 aromatic rings. The number of hydrogen-bond acceptors (Lipinski definition) is 8. The molecule has 0 spiro atoms. The first-order chi connectivity index (χ1) is 14.9. The van der Waals surface area contributed by atoms with Gasteiger partial charge in [0, 0.05) is 5.41 Å². The average Bonchev–Trinajstić information content (AvgIpc) is 3.08. The minimum Gasteiger partial charge on any atom is -0.400 e. The molecule has 11 nitrogen and oxygen atoms in total. The summed E-state index contributed by atoms with van der Waals surface area (Å²) in [5, 5.41) is 0.131. The predicted octanol–water partition coefficient (Wildman–Crippen LogP) is 1.35. The van der Waals surface area contributed by atoms with Gasteiger partial charge in [-0.25, -0.2) is 4.98 Å². The van der Waals surface area contributed by atoms with Crippen LogP contribution in [0.4, 0.5) is 5.95 Å². The van der Waals surface area contributed by atoms with Crippen molar-refractivity contribution in [1.82, 2.24) is 19.5 Å². The minimum atomic E-state index is -4.31. The molecule has 0 aromatic carbocycles. The van der Waals surface area contributed by atoms with E-state index in [9.17, 15) is 4.57 Å². The molecule has 32 heavy (non-hydrogen) atoms. The normalized spacial score (nSPS) is 15.3. The Morgan fingerprint density at radius 2 is 1.97 bits per heavy atom. The lowest BCUT2D eigenvalue weighted by molar-refractivity contribution is -0.0858. The van der Waals surface area contributed by atoms with Crippen molar-refractivity contribution in [2.24, 2.45) is 5.41 Å². The largest absolute Gasteiger partial charge is 0.400 e. The van der Waals surface area contributed by atoms with Crippen LogP contribution in [0.3, 0.4) is 0 Å². The van der Waals surface area contributed by atoms with Gasteiger partial charge in [0.1, 0.15) is 18.2 Å².